The van der Waals surface area contributed by atoms with E-state index in [0.29, 0.717) is 0 Å². The number of carbonyl (C=O) groups excluding carboxylic acids is 1. The lowest BCUT2D eigenvalue weighted by molar-refractivity contribution is -0.122. The molecule has 0 spiro atoms. The summed E-state index contributed by atoms with van der Waals surface area (Å²) in [5, 5.41) is 2.96. The summed E-state index contributed by atoms with van der Waals surface area (Å²) < 4.78 is 25.6. The number of fused-ring (bicyclic) bond motifs is 1. The number of sulfonamides is 1. The van der Waals surface area contributed by atoms with Crippen molar-refractivity contribution in [2.24, 2.45) is 0 Å². The normalized spacial score (nSPS) is 15.0. The lowest BCUT2D eigenvalue weighted by atomic mass is 9.89. The lowest BCUT2D eigenvalue weighted by Crippen LogP contribution is -2.40. The van der Waals surface area contributed by atoms with Gasteiger partial charge in [-0.3, -0.25) is 4.79 Å². The number of aryl methyl sites for hydroxylation is 3. The molecule has 1 N–H and O–H groups in total. The van der Waals surface area contributed by atoms with Gasteiger partial charge in [-0.2, -0.15) is 4.31 Å². The Morgan fingerprint density at radius 3 is 2.38 bits per heavy atom. The van der Waals surface area contributed by atoms with Crippen LogP contribution in [0.5, 0.6) is 0 Å². The van der Waals surface area contributed by atoms with Gasteiger partial charge >= 0.3 is 0 Å². The minimum Gasteiger partial charge on any atom is -0.348 e. The molecule has 2 aromatic rings. The van der Waals surface area contributed by atoms with E-state index in [1.54, 1.807) is 0 Å². The van der Waals surface area contributed by atoms with Gasteiger partial charge in [0.05, 0.1) is 18.8 Å². The van der Waals surface area contributed by atoms with Crippen molar-refractivity contribution >= 4 is 15.9 Å². The lowest BCUT2D eigenvalue weighted by Gasteiger charge is -2.23. The SMILES string of the molecule is Cc1ccc(CN(CC(=O)N[C@H](C)c2ccc3c(c2)CCCC3)S(C)(=O)=O)cc1. The van der Waals surface area contributed by atoms with Gasteiger partial charge in [0.15, 0.2) is 0 Å². The minimum absolute atomic E-state index is 0.171. The van der Waals surface area contributed by atoms with E-state index < -0.39 is 10.0 Å². The molecule has 5 nitrogen and oxygen atoms in total. The highest BCUT2D eigenvalue weighted by Gasteiger charge is 2.22. The standard InChI is InChI=1S/C23H30N2O3S/c1-17-8-10-19(11-9-17)15-25(29(3,27)28)16-23(26)24-18(2)21-13-12-20-6-4-5-7-22(20)14-21/h8-14,18H,4-7,15-16H2,1-3H3,(H,24,26)/t18-/m1/s1. The van der Waals surface area contributed by atoms with Gasteiger partial charge in [-0.15, -0.1) is 0 Å². The molecule has 0 radical (unpaired) electrons. The van der Waals surface area contributed by atoms with Crippen molar-refractivity contribution in [1.82, 2.24) is 9.62 Å². The molecule has 0 aromatic heterocycles. The van der Waals surface area contributed by atoms with Crippen LogP contribution in [0.1, 0.15) is 53.6 Å². The Labute approximate surface area is 174 Å². The smallest absolute Gasteiger partial charge is 0.235 e. The van der Waals surface area contributed by atoms with Gasteiger partial charge in [0.1, 0.15) is 0 Å². The molecule has 0 bridgehead atoms. The van der Waals surface area contributed by atoms with Gasteiger partial charge in [-0.05, 0) is 61.8 Å². The Kier molecular flexibility index (Phi) is 6.75. The highest BCUT2D eigenvalue weighted by atomic mass is 32.2. The third kappa shape index (κ3) is 5.90. The molecule has 0 heterocycles. The van der Waals surface area contributed by atoms with E-state index in [-0.39, 0.29) is 25.0 Å². The molecule has 0 saturated carbocycles. The predicted molar refractivity (Wildman–Crippen MR) is 116 cm³/mol. The van der Waals surface area contributed by atoms with Crippen LogP contribution < -0.4 is 5.32 Å². The van der Waals surface area contributed by atoms with Crippen LogP contribution in [0.3, 0.4) is 0 Å². The molecule has 2 aromatic carbocycles. The Morgan fingerprint density at radius 1 is 1.07 bits per heavy atom. The highest BCUT2D eigenvalue weighted by molar-refractivity contribution is 7.88. The monoisotopic (exact) mass is 414 g/mol. The maximum Gasteiger partial charge on any atom is 0.235 e. The Hall–Kier alpha value is -2.18. The van der Waals surface area contributed by atoms with Gasteiger partial charge < -0.3 is 5.32 Å². The minimum atomic E-state index is -3.51. The van der Waals surface area contributed by atoms with E-state index in [1.807, 2.05) is 38.1 Å². The average molecular weight is 415 g/mol. The van der Waals surface area contributed by atoms with Crippen LogP contribution in [-0.4, -0.2) is 31.4 Å². The van der Waals surface area contributed by atoms with Crippen molar-refractivity contribution in [1.29, 1.82) is 0 Å². The third-order valence-corrected chi connectivity index (χ3v) is 6.71. The first-order chi connectivity index (χ1) is 13.7. The fourth-order valence-corrected chi connectivity index (χ4v) is 4.48. The summed E-state index contributed by atoms with van der Waals surface area (Å²) in [5.41, 5.74) is 5.79. The molecule has 0 aliphatic heterocycles. The largest absolute Gasteiger partial charge is 0.348 e. The number of benzene rings is 2. The van der Waals surface area contributed by atoms with Crippen molar-refractivity contribution in [2.45, 2.75) is 52.1 Å². The van der Waals surface area contributed by atoms with Gasteiger partial charge in [0.25, 0.3) is 0 Å². The van der Waals surface area contributed by atoms with Gasteiger partial charge in [0.2, 0.25) is 15.9 Å². The van der Waals surface area contributed by atoms with E-state index >= 15 is 0 Å². The van der Waals surface area contributed by atoms with Crippen LogP contribution in [0, 0.1) is 6.92 Å². The maximum atomic E-state index is 12.6. The van der Waals surface area contributed by atoms with E-state index in [2.05, 4.69) is 23.5 Å². The van der Waals surface area contributed by atoms with E-state index in [9.17, 15) is 13.2 Å². The molecule has 1 aliphatic carbocycles. The second-order valence-electron chi connectivity index (χ2n) is 8.04. The van der Waals surface area contributed by atoms with Crippen molar-refractivity contribution in [3.8, 4) is 0 Å². The summed E-state index contributed by atoms with van der Waals surface area (Å²) >= 11 is 0. The fourth-order valence-electron chi connectivity index (χ4n) is 3.74. The molecule has 156 valence electrons. The second-order valence-corrected chi connectivity index (χ2v) is 10.0. The van der Waals surface area contributed by atoms with Crippen molar-refractivity contribution in [2.75, 3.05) is 12.8 Å². The van der Waals surface area contributed by atoms with E-state index in [1.165, 1.54) is 28.3 Å². The van der Waals surface area contributed by atoms with Crippen LogP contribution in [0.2, 0.25) is 0 Å². The first-order valence-corrected chi connectivity index (χ1v) is 12.0. The molecule has 29 heavy (non-hydrogen) atoms. The van der Waals surface area contributed by atoms with Gasteiger partial charge in [-0.1, -0.05) is 48.0 Å². The zero-order valence-electron chi connectivity index (χ0n) is 17.4. The summed E-state index contributed by atoms with van der Waals surface area (Å²) in [6.45, 7) is 3.91. The number of rotatable bonds is 7. The molecule has 6 heteroatoms. The van der Waals surface area contributed by atoms with Crippen LogP contribution >= 0.6 is 0 Å². The Balaban J connectivity index is 1.65. The van der Waals surface area contributed by atoms with Crippen LogP contribution in [-0.2, 0) is 34.2 Å². The molecule has 0 unspecified atom stereocenters. The van der Waals surface area contributed by atoms with Crippen LogP contribution in [0.15, 0.2) is 42.5 Å². The van der Waals surface area contributed by atoms with E-state index in [0.717, 1.165) is 35.8 Å². The van der Waals surface area contributed by atoms with E-state index in [4.69, 9.17) is 0 Å². The molecule has 0 saturated heterocycles. The first kappa shape index (κ1) is 21.5. The fraction of sp³-hybridized carbons (Fsp3) is 0.435. The number of amides is 1. The molecule has 1 amide bonds. The first-order valence-electron chi connectivity index (χ1n) is 10.1. The summed E-state index contributed by atoms with van der Waals surface area (Å²) in [7, 11) is -3.51. The Morgan fingerprint density at radius 2 is 1.72 bits per heavy atom. The summed E-state index contributed by atoms with van der Waals surface area (Å²) in [4.78, 5) is 12.6. The van der Waals surface area contributed by atoms with Crippen LogP contribution in [0.4, 0.5) is 0 Å². The second kappa shape index (κ2) is 9.09. The van der Waals surface area contributed by atoms with Crippen molar-refractivity contribution < 1.29 is 13.2 Å². The van der Waals surface area contributed by atoms with Gasteiger partial charge in [0, 0.05) is 6.54 Å². The predicted octanol–water partition coefficient (Wildman–Crippen LogP) is 3.51. The molecule has 1 aliphatic rings. The molecule has 1 atom stereocenters. The van der Waals surface area contributed by atoms with Crippen molar-refractivity contribution in [3.05, 3.63) is 70.3 Å². The molecular weight excluding hydrogens is 384 g/mol. The average Bonchev–Trinajstić information content (AvgIpc) is 2.68. The highest BCUT2D eigenvalue weighted by Crippen LogP contribution is 2.24. The van der Waals surface area contributed by atoms with Crippen molar-refractivity contribution in [3.63, 3.8) is 0 Å². The summed E-state index contributed by atoms with van der Waals surface area (Å²) in [6.07, 6.45) is 5.79. The zero-order valence-corrected chi connectivity index (χ0v) is 18.3. The number of carbonyl (C=O) groups is 1. The molecular formula is C23H30N2O3S. The third-order valence-electron chi connectivity index (χ3n) is 5.52. The Bertz CT molecular complexity index is 968. The topological polar surface area (TPSA) is 66.5 Å². The molecule has 3 rings (SSSR count). The summed E-state index contributed by atoms with van der Waals surface area (Å²) in [6, 6.07) is 13.9. The number of hydrogen-bond donors (Lipinski definition) is 1. The number of nitrogens with zero attached hydrogens (tertiary/aromatic N) is 1. The molecule has 0 fully saturated rings. The maximum absolute atomic E-state index is 12.6. The van der Waals surface area contributed by atoms with Crippen LogP contribution in [0.25, 0.3) is 0 Å². The number of nitrogens with one attached hydrogen (secondary N) is 1. The number of hydrogen-bond acceptors (Lipinski definition) is 3. The summed E-state index contributed by atoms with van der Waals surface area (Å²) in [5.74, 6) is -0.298. The quantitative estimate of drug-likeness (QED) is 0.754. The van der Waals surface area contributed by atoms with Gasteiger partial charge in [-0.25, -0.2) is 8.42 Å². The zero-order chi connectivity index (χ0) is 21.0.